The maximum absolute atomic E-state index is 12.2. The number of nitrogens with one attached hydrogen (secondary N) is 1. The van der Waals surface area contributed by atoms with Gasteiger partial charge in [0.05, 0.1) is 13.3 Å². The molecule has 3 rings (SSSR count). The molecule has 0 aliphatic rings. The molecule has 3 aromatic rings. The summed E-state index contributed by atoms with van der Waals surface area (Å²) >= 11 is 0. The highest BCUT2D eigenvalue weighted by atomic mass is 16.5. The van der Waals surface area contributed by atoms with E-state index in [1.807, 2.05) is 31.2 Å². The number of benzene rings is 3. The zero-order valence-corrected chi connectivity index (χ0v) is 16.3. The lowest BCUT2D eigenvalue weighted by molar-refractivity contribution is 0.0955. The van der Waals surface area contributed by atoms with Crippen molar-refractivity contribution in [1.82, 2.24) is 5.43 Å². The zero-order valence-electron chi connectivity index (χ0n) is 16.3. The number of nitrogens with zero attached hydrogens (tertiary/aromatic N) is 1. The molecule has 0 atom stereocenters. The van der Waals surface area contributed by atoms with E-state index < -0.39 is 0 Å². The van der Waals surface area contributed by atoms with Crippen molar-refractivity contribution in [2.45, 2.75) is 13.5 Å². The first kappa shape index (κ1) is 19.9. The number of ether oxygens (including phenoxy) is 2. The first-order valence-corrected chi connectivity index (χ1v) is 9.04. The van der Waals surface area contributed by atoms with Crippen molar-refractivity contribution in [3.63, 3.8) is 0 Å². The molecule has 0 bridgehead atoms. The third-order valence-corrected chi connectivity index (χ3v) is 4.26. The monoisotopic (exact) mass is 390 g/mol. The summed E-state index contributed by atoms with van der Waals surface area (Å²) in [6.07, 6.45) is 1.36. The fourth-order valence-corrected chi connectivity index (χ4v) is 2.59. The average molecular weight is 390 g/mol. The minimum atomic E-state index is -0.367. The second-order valence-corrected chi connectivity index (χ2v) is 6.40. The summed E-state index contributed by atoms with van der Waals surface area (Å²) in [6, 6.07) is 19.9. The van der Waals surface area contributed by atoms with Gasteiger partial charge >= 0.3 is 0 Å². The lowest BCUT2D eigenvalue weighted by atomic mass is 10.2. The van der Waals surface area contributed by atoms with E-state index in [9.17, 15) is 9.90 Å². The van der Waals surface area contributed by atoms with Gasteiger partial charge in [0.15, 0.2) is 11.5 Å². The van der Waals surface area contributed by atoms with Crippen LogP contribution in [-0.4, -0.2) is 24.3 Å². The number of carbonyl (C=O) groups is 1. The van der Waals surface area contributed by atoms with E-state index in [1.165, 1.54) is 18.9 Å². The number of phenolic OH excluding ortho intramolecular Hbond substituents is 1. The molecule has 1 amide bonds. The Labute approximate surface area is 169 Å². The summed E-state index contributed by atoms with van der Waals surface area (Å²) in [5.41, 5.74) is 5.59. The fraction of sp³-hybridized carbons (Fsp3) is 0.130. The standard InChI is InChI=1S/C23H22N2O4/c1-16-6-8-17(9-7-16)15-29-20-12-10-18(11-13-20)23(27)25-24-14-19-4-3-5-21(28-2)22(19)26/h3-14,26H,15H2,1-2H3,(H,25,27)/b24-14+. The normalized spacial score (nSPS) is 10.7. The SMILES string of the molecule is COc1cccc(/C=N/NC(=O)c2ccc(OCc3ccc(C)cc3)cc2)c1O. The van der Waals surface area contributed by atoms with E-state index >= 15 is 0 Å². The Morgan fingerprint density at radius 1 is 1.07 bits per heavy atom. The van der Waals surface area contributed by atoms with Crippen LogP contribution in [0, 0.1) is 6.92 Å². The largest absolute Gasteiger partial charge is 0.504 e. The highest BCUT2D eigenvalue weighted by Gasteiger charge is 2.07. The second kappa shape index (κ2) is 9.41. The number of methoxy groups -OCH3 is 1. The van der Waals surface area contributed by atoms with Gasteiger partial charge in [-0.05, 0) is 48.9 Å². The molecule has 0 aliphatic heterocycles. The summed E-state index contributed by atoms with van der Waals surface area (Å²) in [5.74, 6) is 0.602. The molecular formula is C23H22N2O4. The average Bonchev–Trinajstić information content (AvgIpc) is 2.75. The summed E-state index contributed by atoms with van der Waals surface area (Å²) < 4.78 is 10.8. The van der Waals surface area contributed by atoms with Crippen LogP contribution >= 0.6 is 0 Å². The van der Waals surface area contributed by atoms with E-state index in [-0.39, 0.29) is 11.7 Å². The molecule has 148 valence electrons. The Balaban J connectivity index is 1.55. The minimum absolute atomic E-state index is 0.0388. The number of rotatable bonds is 7. The number of hydrazone groups is 1. The second-order valence-electron chi connectivity index (χ2n) is 6.40. The van der Waals surface area contributed by atoms with Gasteiger partial charge in [0, 0.05) is 11.1 Å². The van der Waals surface area contributed by atoms with Crippen LogP contribution in [0.15, 0.2) is 71.8 Å². The third-order valence-electron chi connectivity index (χ3n) is 4.26. The van der Waals surface area contributed by atoms with Crippen molar-refractivity contribution in [2.24, 2.45) is 5.10 Å². The molecule has 29 heavy (non-hydrogen) atoms. The Bertz CT molecular complexity index is 996. The van der Waals surface area contributed by atoms with E-state index in [0.29, 0.717) is 29.2 Å². The highest BCUT2D eigenvalue weighted by Crippen LogP contribution is 2.27. The van der Waals surface area contributed by atoms with E-state index in [1.54, 1.807) is 42.5 Å². The summed E-state index contributed by atoms with van der Waals surface area (Å²) in [4.78, 5) is 12.2. The number of aromatic hydroxyl groups is 1. The molecule has 6 heteroatoms. The minimum Gasteiger partial charge on any atom is -0.504 e. The van der Waals surface area contributed by atoms with Gasteiger partial charge in [-0.1, -0.05) is 35.9 Å². The van der Waals surface area contributed by atoms with Gasteiger partial charge in [-0.2, -0.15) is 5.10 Å². The number of hydrogen-bond donors (Lipinski definition) is 2. The number of aryl methyl sites for hydroxylation is 1. The Hall–Kier alpha value is -3.80. The highest BCUT2D eigenvalue weighted by molar-refractivity contribution is 5.95. The molecule has 0 aliphatic carbocycles. The summed E-state index contributed by atoms with van der Waals surface area (Å²) in [7, 11) is 1.46. The zero-order chi connectivity index (χ0) is 20.6. The number of phenols is 1. The molecule has 0 saturated heterocycles. The quantitative estimate of drug-likeness (QED) is 0.471. The van der Waals surface area contributed by atoms with Crippen molar-refractivity contribution in [2.75, 3.05) is 7.11 Å². The van der Waals surface area contributed by atoms with E-state index in [2.05, 4.69) is 10.5 Å². The smallest absolute Gasteiger partial charge is 0.271 e. The molecule has 0 unspecified atom stereocenters. The van der Waals surface area contributed by atoms with Crippen LogP contribution in [0.1, 0.15) is 27.0 Å². The van der Waals surface area contributed by atoms with Crippen molar-refractivity contribution in [3.05, 3.63) is 89.0 Å². The molecular weight excluding hydrogens is 368 g/mol. The first-order valence-electron chi connectivity index (χ1n) is 9.04. The molecule has 3 aromatic carbocycles. The van der Waals surface area contributed by atoms with Crippen molar-refractivity contribution < 1.29 is 19.4 Å². The van der Waals surface area contributed by atoms with Gasteiger partial charge in [0.2, 0.25) is 0 Å². The number of carbonyl (C=O) groups excluding carboxylic acids is 1. The van der Waals surface area contributed by atoms with E-state index in [4.69, 9.17) is 9.47 Å². The lowest BCUT2D eigenvalue weighted by Gasteiger charge is -2.07. The molecule has 0 aromatic heterocycles. The molecule has 0 spiro atoms. The van der Waals surface area contributed by atoms with Crippen LogP contribution in [0.5, 0.6) is 17.2 Å². The maximum atomic E-state index is 12.2. The molecule has 0 saturated carbocycles. The van der Waals surface area contributed by atoms with Crippen molar-refractivity contribution in [3.8, 4) is 17.2 Å². The van der Waals surface area contributed by atoms with Crippen LogP contribution in [0.2, 0.25) is 0 Å². The van der Waals surface area contributed by atoms with Gasteiger partial charge in [0.1, 0.15) is 12.4 Å². The molecule has 0 fully saturated rings. The molecule has 0 radical (unpaired) electrons. The summed E-state index contributed by atoms with van der Waals surface area (Å²) in [6.45, 7) is 2.50. The van der Waals surface area contributed by atoms with Crippen LogP contribution in [0.3, 0.4) is 0 Å². The molecule has 2 N–H and O–H groups in total. The Kier molecular flexibility index (Phi) is 6.47. The van der Waals surface area contributed by atoms with E-state index in [0.717, 1.165) is 5.56 Å². The maximum Gasteiger partial charge on any atom is 0.271 e. The van der Waals surface area contributed by atoms with Crippen LogP contribution in [-0.2, 0) is 6.61 Å². The van der Waals surface area contributed by atoms with Crippen LogP contribution in [0.25, 0.3) is 0 Å². The van der Waals surface area contributed by atoms with Gasteiger partial charge in [-0.3, -0.25) is 4.79 Å². The first-order chi connectivity index (χ1) is 14.1. The fourth-order valence-electron chi connectivity index (χ4n) is 2.59. The van der Waals surface area contributed by atoms with Gasteiger partial charge in [0.25, 0.3) is 5.91 Å². The van der Waals surface area contributed by atoms with Crippen LogP contribution < -0.4 is 14.9 Å². The number of hydrogen-bond acceptors (Lipinski definition) is 5. The van der Waals surface area contributed by atoms with Gasteiger partial charge in [-0.25, -0.2) is 5.43 Å². The predicted molar refractivity (Wildman–Crippen MR) is 112 cm³/mol. The van der Waals surface area contributed by atoms with Crippen LogP contribution in [0.4, 0.5) is 0 Å². The van der Waals surface area contributed by atoms with Crippen molar-refractivity contribution in [1.29, 1.82) is 0 Å². The topological polar surface area (TPSA) is 80.2 Å². The lowest BCUT2D eigenvalue weighted by Crippen LogP contribution is -2.17. The summed E-state index contributed by atoms with van der Waals surface area (Å²) in [5, 5.41) is 13.9. The van der Waals surface area contributed by atoms with Crippen molar-refractivity contribution >= 4 is 12.1 Å². The predicted octanol–water partition coefficient (Wildman–Crippen LogP) is 4.05. The Morgan fingerprint density at radius 3 is 2.48 bits per heavy atom. The number of amides is 1. The number of para-hydroxylation sites is 1. The van der Waals surface area contributed by atoms with Gasteiger partial charge < -0.3 is 14.6 Å². The molecule has 0 heterocycles. The Morgan fingerprint density at radius 2 is 1.79 bits per heavy atom. The third kappa shape index (κ3) is 5.35. The molecule has 6 nitrogen and oxygen atoms in total. The van der Waals surface area contributed by atoms with Gasteiger partial charge in [-0.15, -0.1) is 0 Å².